The molecule has 0 saturated heterocycles. The molecule has 7 heteroatoms. The molecule has 0 heterocycles. The molecular weight excluding hydrogens is 349 g/mol. The molecule has 1 aromatic rings. The van der Waals surface area contributed by atoms with E-state index in [1.807, 2.05) is 0 Å². The zero-order valence-electron chi connectivity index (χ0n) is 13.9. The van der Waals surface area contributed by atoms with Crippen LogP contribution in [-0.4, -0.2) is 42.4 Å². The van der Waals surface area contributed by atoms with Gasteiger partial charge in [0.15, 0.2) is 0 Å². The summed E-state index contributed by atoms with van der Waals surface area (Å²) in [6, 6.07) is 4.90. The molecule has 1 saturated carbocycles. The SMILES string of the molecule is C[C@@H](C(=O)NC1CCCC1)N(C)CC(=O)Nc1c(Cl)cccc1Cl. The van der Waals surface area contributed by atoms with Crippen LogP contribution in [0.5, 0.6) is 0 Å². The van der Waals surface area contributed by atoms with E-state index in [-0.39, 0.29) is 24.4 Å². The summed E-state index contributed by atoms with van der Waals surface area (Å²) in [6.07, 6.45) is 4.40. The fraction of sp³-hybridized carbons (Fsp3) is 0.529. The van der Waals surface area contributed by atoms with E-state index in [0.29, 0.717) is 15.7 Å². The number of hydrogen-bond donors (Lipinski definition) is 2. The minimum Gasteiger partial charge on any atom is -0.352 e. The van der Waals surface area contributed by atoms with Crippen LogP contribution in [0.25, 0.3) is 0 Å². The molecule has 1 aliphatic carbocycles. The average molecular weight is 372 g/mol. The summed E-state index contributed by atoms with van der Waals surface area (Å²) < 4.78 is 0. The van der Waals surface area contributed by atoms with Crippen LogP contribution in [0.2, 0.25) is 10.0 Å². The molecule has 2 rings (SSSR count). The fourth-order valence-corrected chi connectivity index (χ4v) is 3.24. The van der Waals surface area contributed by atoms with Crippen molar-refractivity contribution < 1.29 is 9.59 Å². The van der Waals surface area contributed by atoms with Gasteiger partial charge >= 0.3 is 0 Å². The van der Waals surface area contributed by atoms with Gasteiger partial charge < -0.3 is 10.6 Å². The van der Waals surface area contributed by atoms with Crippen LogP contribution in [0.4, 0.5) is 5.69 Å². The summed E-state index contributed by atoms with van der Waals surface area (Å²) in [5.41, 5.74) is 0.391. The Kier molecular flexibility index (Phi) is 6.90. The smallest absolute Gasteiger partial charge is 0.238 e. The molecule has 132 valence electrons. The van der Waals surface area contributed by atoms with E-state index in [0.717, 1.165) is 25.7 Å². The normalized spacial score (nSPS) is 16.2. The van der Waals surface area contributed by atoms with Gasteiger partial charge in [0.2, 0.25) is 11.8 Å². The van der Waals surface area contributed by atoms with Gasteiger partial charge in [0.05, 0.1) is 28.3 Å². The summed E-state index contributed by atoms with van der Waals surface area (Å²) in [7, 11) is 1.74. The lowest BCUT2D eigenvalue weighted by atomic mass is 10.2. The van der Waals surface area contributed by atoms with E-state index in [2.05, 4.69) is 10.6 Å². The molecule has 2 amide bonds. The van der Waals surface area contributed by atoms with Gasteiger partial charge in [-0.1, -0.05) is 42.1 Å². The van der Waals surface area contributed by atoms with E-state index < -0.39 is 6.04 Å². The first kappa shape index (κ1) is 19.0. The van der Waals surface area contributed by atoms with E-state index in [9.17, 15) is 9.59 Å². The summed E-state index contributed by atoms with van der Waals surface area (Å²) in [5, 5.41) is 6.51. The summed E-state index contributed by atoms with van der Waals surface area (Å²) >= 11 is 12.1. The molecule has 1 aliphatic rings. The fourth-order valence-electron chi connectivity index (χ4n) is 2.75. The summed E-state index contributed by atoms with van der Waals surface area (Å²) in [5.74, 6) is -0.319. The first-order valence-corrected chi connectivity index (χ1v) is 8.88. The van der Waals surface area contributed by atoms with Gasteiger partial charge in [-0.25, -0.2) is 0 Å². The number of likely N-dealkylation sites (N-methyl/N-ethyl adjacent to an activating group) is 1. The van der Waals surface area contributed by atoms with Crippen LogP contribution >= 0.6 is 23.2 Å². The summed E-state index contributed by atoms with van der Waals surface area (Å²) in [6.45, 7) is 1.86. The lowest BCUT2D eigenvalue weighted by Crippen LogP contribution is -2.48. The number of hydrogen-bond acceptors (Lipinski definition) is 3. The second-order valence-corrected chi connectivity index (χ2v) is 7.04. The van der Waals surface area contributed by atoms with E-state index in [1.165, 1.54) is 0 Å². The van der Waals surface area contributed by atoms with Crippen LogP contribution in [-0.2, 0) is 9.59 Å². The number of halogens is 2. The van der Waals surface area contributed by atoms with Gasteiger partial charge in [-0.05, 0) is 38.9 Å². The van der Waals surface area contributed by atoms with Crippen molar-refractivity contribution in [2.45, 2.75) is 44.7 Å². The number of benzene rings is 1. The van der Waals surface area contributed by atoms with Crippen LogP contribution in [0.1, 0.15) is 32.6 Å². The second-order valence-electron chi connectivity index (χ2n) is 6.23. The molecule has 0 spiro atoms. The van der Waals surface area contributed by atoms with Crippen LogP contribution in [0, 0.1) is 0 Å². The van der Waals surface area contributed by atoms with Crippen molar-refractivity contribution in [2.75, 3.05) is 18.9 Å². The van der Waals surface area contributed by atoms with Gasteiger partial charge in [0, 0.05) is 6.04 Å². The maximum absolute atomic E-state index is 12.3. The molecule has 1 atom stereocenters. The molecule has 0 unspecified atom stereocenters. The van der Waals surface area contributed by atoms with Crippen LogP contribution in [0.15, 0.2) is 18.2 Å². The highest BCUT2D eigenvalue weighted by Gasteiger charge is 2.24. The van der Waals surface area contributed by atoms with Crippen LogP contribution in [0.3, 0.4) is 0 Å². The Bertz CT molecular complexity index is 583. The topological polar surface area (TPSA) is 61.4 Å². The molecule has 0 aromatic heterocycles. The Morgan fingerprint density at radius 2 is 1.83 bits per heavy atom. The monoisotopic (exact) mass is 371 g/mol. The zero-order valence-corrected chi connectivity index (χ0v) is 15.5. The van der Waals surface area contributed by atoms with E-state index >= 15 is 0 Å². The molecule has 1 fully saturated rings. The Labute approximate surface area is 152 Å². The van der Waals surface area contributed by atoms with Crippen molar-refractivity contribution >= 4 is 40.7 Å². The quantitative estimate of drug-likeness (QED) is 0.806. The van der Waals surface area contributed by atoms with Crippen molar-refractivity contribution in [3.63, 3.8) is 0 Å². The molecule has 0 radical (unpaired) electrons. The van der Waals surface area contributed by atoms with Gasteiger partial charge in [0.25, 0.3) is 0 Å². The Hall–Kier alpha value is -1.30. The van der Waals surface area contributed by atoms with E-state index in [1.54, 1.807) is 37.1 Å². The van der Waals surface area contributed by atoms with Crippen molar-refractivity contribution in [3.8, 4) is 0 Å². The number of carbonyl (C=O) groups excluding carboxylic acids is 2. The third-order valence-corrected chi connectivity index (χ3v) is 4.99. The maximum atomic E-state index is 12.3. The van der Waals surface area contributed by atoms with Crippen molar-refractivity contribution in [1.82, 2.24) is 10.2 Å². The summed E-state index contributed by atoms with van der Waals surface area (Å²) in [4.78, 5) is 26.2. The number of anilines is 1. The highest BCUT2D eigenvalue weighted by Crippen LogP contribution is 2.29. The first-order valence-electron chi connectivity index (χ1n) is 8.13. The minimum atomic E-state index is -0.391. The van der Waals surface area contributed by atoms with Crippen LogP contribution < -0.4 is 10.6 Å². The standard InChI is InChI=1S/C17H23Cl2N3O2/c1-11(17(24)20-12-6-3-4-7-12)22(2)10-15(23)21-16-13(18)8-5-9-14(16)19/h5,8-9,11-12H,3-4,6-7,10H2,1-2H3,(H,20,24)(H,21,23)/t11-/m0/s1. The lowest BCUT2D eigenvalue weighted by Gasteiger charge is -2.25. The van der Waals surface area contributed by atoms with Gasteiger partial charge in [0.1, 0.15) is 0 Å². The molecule has 2 N–H and O–H groups in total. The van der Waals surface area contributed by atoms with Crippen molar-refractivity contribution in [1.29, 1.82) is 0 Å². The predicted molar refractivity (Wildman–Crippen MR) is 97.6 cm³/mol. The number of nitrogens with one attached hydrogen (secondary N) is 2. The zero-order chi connectivity index (χ0) is 17.7. The highest BCUT2D eigenvalue weighted by atomic mass is 35.5. The van der Waals surface area contributed by atoms with Gasteiger partial charge in [-0.15, -0.1) is 0 Å². The molecule has 24 heavy (non-hydrogen) atoms. The van der Waals surface area contributed by atoms with Crippen molar-refractivity contribution in [2.24, 2.45) is 0 Å². The second kappa shape index (κ2) is 8.70. The minimum absolute atomic E-state index is 0.0482. The highest BCUT2D eigenvalue weighted by molar-refractivity contribution is 6.39. The molecule has 1 aromatic carbocycles. The Balaban J connectivity index is 1.87. The van der Waals surface area contributed by atoms with Gasteiger partial charge in [-0.3, -0.25) is 14.5 Å². The third kappa shape index (κ3) is 5.10. The maximum Gasteiger partial charge on any atom is 0.238 e. The first-order chi connectivity index (χ1) is 11.4. The molecular formula is C17H23Cl2N3O2. The Morgan fingerprint density at radius 1 is 1.25 bits per heavy atom. The number of amides is 2. The molecule has 0 bridgehead atoms. The Morgan fingerprint density at radius 3 is 2.42 bits per heavy atom. The predicted octanol–water partition coefficient (Wildman–Crippen LogP) is 3.31. The average Bonchev–Trinajstić information content (AvgIpc) is 3.03. The third-order valence-electron chi connectivity index (χ3n) is 4.36. The number of para-hydroxylation sites is 1. The number of rotatable bonds is 6. The van der Waals surface area contributed by atoms with E-state index in [4.69, 9.17) is 23.2 Å². The molecule has 5 nitrogen and oxygen atoms in total. The number of nitrogens with zero attached hydrogens (tertiary/aromatic N) is 1. The molecule has 0 aliphatic heterocycles. The van der Waals surface area contributed by atoms with Gasteiger partial charge in [-0.2, -0.15) is 0 Å². The lowest BCUT2D eigenvalue weighted by molar-refractivity contribution is -0.127. The van der Waals surface area contributed by atoms with Crippen molar-refractivity contribution in [3.05, 3.63) is 28.2 Å². The largest absolute Gasteiger partial charge is 0.352 e. The number of carbonyl (C=O) groups is 2.